The van der Waals surface area contributed by atoms with Crippen molar-refractivity contribution < 1.29 is 4.74 Å². The van der Waals surface area contributed by atoms with Crippen LogP contribution in [-0.4, -0.2) is 26.2 Å². The van der Waals surface area contributed by atoms with E-state index in [4.69, 9.17) is 10.5 Å². The van der Waals surface area contributed by atoms with Gasteiger partial charge in [-0.15, -0.1) is 0 Å². The smallest absolute Gasteiger partial charge is 0.120 e. The molecule has 88 valence electrons. The molecule has 3 heteroatoms. The number of benzene rings is 1. The van der Waals surface area contributed by atoms with Crippen molar-refractivity contribution in [3.8, 4) is 5.75 Å². The van der Waals surface area contributed by atoms with Gasteiger partial charge in [-0.05, 0) is 31.4 Å². The van der Waals surface area contributed by atoms with Crippen molar-refractivity contribution in [2.45, 2.75) is 25.3 Å². The minimum atomic E-state index is 0.677. The number of hydrogen-bond acceptors (Lipinski definition) is 3. The largest absolute Gasteiger partial charge is 0.497 e. The predicted octanol–water partition coefficient (Wildman–Crippen LogP) is 2.01. The van der Waals surface area contributed by atoms with Crippen LogP contribution in [0.3, 0.4) is 0 Å². The average molecular weight is 220 g/mol. The van der Waals surface area contributed by atoms with Gasteiger partial charge in [0.2, 0.25) is 0 Å². The van der Waals surface area contributed by atoms with Gasteiger partial charge >= 0.3 is 0 Å². The Kier molecular flexibility index (Phi) is 3.67. The summed E-state index contributed by atoms with van der Waals surface area (Å²) in [7, 11) is 1.70. The molecule has 16 heavy (non-hydrogen) atoms. The van der Waals surface area contributed by atoms with Gasteiger partial charge in [0.25, 0.3) is 0 Å². The molecule has 0 aliphatic heterocycles. The first-order valence-corrected chi connectivity index (χ1v) is 5.96. The van der Waals surface area contributed by atoms with Gasteiger partial charge in [0, 0.05) is 30.9 Å². The molecule has 0 atom stereocenters. The number of ether oxygens (including phenoxy) is 1. The van der Waals surface area contributed by atoms with E-state index in [-0.39, 0.29) is 0 Å². The fourth-order valence-corrected chi connectivity index (χ4v) is 2.15. The SMILES string of the molecule is COc1cccc(N(CCN)C2CCC2)c1. The zero-order chi connectivity index (χ0) is 11.4. The molecule has 0 aromatic heterocycles. The van der Waals surface area contributed by atoms with E-state index in [1.807, 2.05) is 12.1 Å². The first-order chi connectivity index (χ1) is 7.85. The van der Waals surface area contributed by atoms with Crippen molar-refractivity contribution in [3.05, 3.63) is 24.3 Å². The maximum absolute atomic E-state index is 5.68. The molecule has 2 rings (SSSR count). The van der Waals surface area contributed by atoms with Crippen molar-refractivity contribution in [2.24, 2.45) is 5.73 Å². The predicted molar refractivity (Wildman–Crippen MR) is 67.0 cm³/mol. The summed E-state index contributed by atoms with van der Waals surface area (Å²) in [4.78, 5) is 2.41. The normalized spacial score (nSPS) is 15.6. The molecule has 1 aliphatic rings. The van der Waals surface area contributed by atoms with E-state index in [1.54, 1.807) is 7.11 Å². The molecule has 1 aromatic rings. The van der Waals surface area contributed by atoms with Crippen LogP contribution in [0.2, 0.25) is 0 Å². The number of rotatable bonds is 5. The number of nitrogens with two attached hydrogens (primary N) is 1. The van der Waals surface area contributed by atoms with E-state index in [1.165, 1.54) is 24.9 Å². The lowest BCUT2D eigenvalue weighted by molar-refractivity contribution is 0.386. The lowest BCUT2D eigenvalue weighted by Crippen LogP contribution is -2.43. The maximum atomic E-state index is 5.68. The van der Waals surface area contributed by atoms with Crippen LogP contribution in [0.1, 0.15) is 19.3 Å². The minimum absolute atomic E-state index is 0.677. The second-order valence-electron chi connectivity index (χ2n) is 4.27. The highest BCUT2D eigenvalue weighted by molar-refractivity contribution is 5.52. The molecular formula is C13H20N2O. The number of anilines is 1. The van der Waals surface area contributed by atoms with Crippen molar-refractivity contribution >= 4 is 5.69 Å². The molecule has 1 aliphatic carbocycles. The van der Waals surface area contributed by atoms with E-state index in [9.17, 15) is 0 Å². The Morgan fingerprint density at radius 3 is 2.81 bits per heavy atom. The average Bonchev–Trinajstić information content (AvgIpc) is 2.26. The molecule has 1 fully saturated rings. The van der Waals surface area contributed by atoms with Gasteiger partial charge in [-0.25, -0.2) is 0 Å². The third kappa shape index (κ3) is 2.30. The Hall–Kier alpha value is -1.22. The molecule has 2 N–H and O–H groups in total. The van der Waals surface area contributed by atoms with E-state index in [0.717, 1.165) is 12.3 Å². The second kappa shape index (κ2) is 5.21. The zero-order valence-corrected chi connectivity index (χ0v) is 9.86. The van der Waals surface area contributed by atoms with Crippen molar-refractivity contribution in [1.29, 1.82) is 0 Å². The third-order valence-electron chi connectivity index (χ3n) is 3.27. The molecule has 0 unspecified atom stereocenters. The van der Waals surface area contributed by atoms with E-state index >= 15 is 0 Å². The lowest BCUT2D eigenvalue weighted by atomic mass is 9.91. The lowest BCUT2D eigenvalue weighted by Gasteiger charge is -2.39. The van der Waals surface area contributed by atoms with Crippen LogP contribution in [0.5, 0.6) is 5.75 Å². The maximum Gasteiger partial charge on any atom is 0.120 e. The molecule has 0 saturated heterocycles. The first-order valence-electron chi connectivity index (χ1n) is 5.96. The zero-order valence-electron chi connectivity index (χ0n) is 9.86. The van der Waals surface area contributed by atoms with E-state index in [2.05, 4.69) is 17.0 Å². The fraction of sp³-hybridized carbons (Fsp3) is 0.538. The molecule has 0 amide bonds. The van der Waals surface area contributed by atoms with Gasteiger partial charge in [-0.1, -0.05) is 6.07 Å². The Morgan fingerprint density at radius 2 is 2.25 bits per heavy atom. The second-order valence-corrected chi connectivity index (χ2v) is 4.27. The fourth-order valence-electron chi connectivity index (χ4n) is 2.15. The van der Waals surface area contributed by atoms with Crippen molar-refractivity contribution in [1.82, 2.24) is 0 Å². The highest BCUT2D eigenvalue weighted by atomic mass is 16.5. The Morgan fingerprint density at radius 1 is 1.44 bits per heavy atom. The van der Waals surface area contributed by atoms with Gasteiger partial charge in [0.05, 0.1) is 7.11 Å². The summed E-state index contributed by atoms with van der Waals surface area (Å²) in [6.07, 6.45) is 3.92. The summed E-state index contributed by atoms with van der Waals surface area (Å²) >= 11 is 0. The van der Waals surface area contributed by atoms with Gasteiger partial charge < -0.3 is 15.4 Å². The molecule has 0 bridgehead atoms. The topological polar surface area (TPSA) is 38.5 Å². The summed E-state index contributed by atoms with van der Waals surface area (Å²) in [6, 6.07) is 8.92. The highest BCUT2D eigenvalue weighted by Crippen LogP contribution is 2.30. The van der Waals surface area contributed by atoms with Gasteiger partial charge in [-0.3, -0.25) is 0 Å². The first kappa shape index (κ1) is 11.3. The number of hydrogen-bond donors (Lipinski definition) is 1. The Balaban J connectivity index is 2.16. The van der Waals surface area contributed by atoms with Crippen LogP contribution in [0.4, 0.5) is 5.69 Å². The van der Waals surface area contributed by atoms with Crippen molar-refractivity contribution in [3.63, 3.8) is 0 Å². The van der Waals surface area contributed by atoms with Crippen molar-refractivity contribution in [2.75, 3.05) is 25.1 Å². The summed E-state index contributed by atoms with van der Waals surface area (Å²) in [5.74, 6) is 0.916. The van der Waals surface area contributed by atoms with Crippen LogP contribution in [0.15, 0.2) is 24.3 Å². The molecule has 0 heterocycles. The highest BCUT2D eigenvalue weighted by Gasteiger charge is 2.24. The number of methoxy groups -OCH3 is 1. The summed E-state index contributed by atoms with van der Waals surface area (Å²) < 4.78 is 5.26. The van der Waals surface area contributed by atoms with E-state index < -0.39 is 0 Å². The molecular weight excluding hydrogens is 200 g/mol. The van der Waals surface area contributed by atoms with Crippen LogP contribution >= 0.6 is 0 Å². The van der Waals surface area contributed by atoms with E-state index in [0.29, 0.717) is 12.6 Å². The molecule has 0 spiro atoms. The minimum Gasteiger partial charge on any atom is -0.497 e. The molecule has 0 radical (unpaired) electrons. The van der Waals surface area contributed by atoms with Gasteiger partial charge in [0.15, 0.2) is 0 Å². The van der Waals surface area contributed by atoms with Gasteiger partial charge in [0.1, 0.15) is 5.75 Å². The quantitative estimate of drug-likeness (QED) is 0.825. The Bertz CT molecular complexity index is 336. The van der Waals surface area contributed by atoms with Crippen LogP contribution < -0.4 is 15.4 Å². The monoisotopic (exact) mass is 220 g/mol. The standard InChI is InChI=1S/C13H20N2O/c1-16-13-7-3-6-12(10-13)15(9-8-14)11-4-2-5-11/h3,6-7,10-11H,2,4-5,8-9,14H2,1H3. The molecule has 1 aromatic carbocycles. The van der Waals surface area contributed by atoms with Crippen LogP contribution in [0.25, 0.3) is 0 Å². The molecule has 1 saturated carbocycles. The Labute approximate surface area is 97.2 Å². The summed E-state index contributed by atoms with van der Waals surface area (Å²) in [5.41, 5.74) is 6.91. The number of nitrogens with zero attached hydrogens (tertiary/aromatic N) is 1. The molecule has 3 nitrogen and oxygen atoms in total. The third-order valence-corrected chi connectivity index (χ3v) is 3.27. The summed E-state index contributed by atoms with van der Waals surface area (Å²) in [5, 5.41) is 0. The summed E-state index contributed by atoms with van der Waals surface area (Å²) in [6.45, 7) is 1.63. The van der Waals surface area contributed by atoms with Gasteiger partial charge in [-0.2, -0.15) is 0 Å². The van der Waals surface area contributed by atoms with Crippen LogP contribution in [0, 0.1) is 0 Å². The van der Waals surface area contributed by atoms with Crippen LogP contribution in [-0.2, 0) is 0 Å².